The third-order valence-corrected chi connectivity index (χ3v) is 4.41. The van der Waals surface area contributed by atoms with Gasteiger partial charge >= 0.3 is 0 Å². The van der Waals surface area contributed by atoms with E-state index in [-0.39, 0.29) is 24.2 Å². The minimum Gasteiger partial charge on any atom is -0.348 e. The molecule has 0 aromatic heterocycles. The molecule has 0 atom stereocenters. The largest absolute Gasteiger partial charge is 0.348 e. The zero-order valence-corrected chi connectivity index (χ0v) is 14.0. The molecule has 4 nitrogen and oxygen atoms in total. The summed E-state index contributed by atoms with van der Waals surface area (Å²) in [7, 11) is 0. The summed E-state index contributed by atoms with van der Waals surface area (Å²) in [6, 6.07) is 13.0. The smallest absolute Gasteiger partial charge is 0.253 e. The second-order valence-electron chi connectivity index (χ2n) is 6.21. The number of halogens is 1. The van der Waals surface area contributed by atoms with Gasteiger partial charge in [0.05, 0.1) is 0 Å². The molecule has 1 N–H and O–H groups in total. The van der Waals surface area contributed by atoms with E-state index in [9.17, 15) is 14.0 Å². The lowest BCUT2D eigenvalue weighted by atomic mass is 10.1. The Morgan fingerprint density at radius 2 is 1.68 bits per heavy atom. The summed E-state index contributed by atoms with van der Waals surface area (Å²) in [5.74, 6) is -0.711. The number of likely N-dealkylation sites (tertiary alicyclic amines) is 1. The third-order valence-electron chi connectivity index (χ3n) is 4.41. The fourth-order valence-corrected chi connectivity index (χ4v) is 2.99. The lowest BCUT2D eigenvalue weighted by Gasteiger charge is -2.26. The molecule has 2 aromatic rings. The molecule has 0 aliphatic carbocycles. The van der Waals surface area contributed by atoms with Gasteiger partial charge in [-0.05, 0) is 43.5 Å². The molecule has 1 saturated heterocycles. The number of amides is 2. The number of nitrogens with one attached hydrogen (secondary N) is 1. The zero-order chi connectivity index (χ0) is 17.6. The monoisotopic (exact) mass is 340 g/mol. The molecule has 0 bridgehead atoms. The van der Waals surface area contributed by atoms with E-state index in [0.29, 0.717) is 16.7 Å². The van der Waals surface area contributed by atoms with Crippen LogP contribution >= 0.6 is 0 Å². The van der Waals surface area contributed by atoms with Crippen LogP contribution in [0.3, 0.4) is 0 Å². The summed E-state index contributed by atoms with van der Waals surface area (Å²) >= 11 is 0. The molecule has 25 heavy (non-hydrogen) atoms. The summed E-state index contributed by atoms with van der Waals surface area (Å²) < 4.78 is 13.6. The Kier molecular flexibility index (Phi) is 5.43. The molecule has 1 aliphatic rings. The Balaban J connectivity index is 1.67. The van der Waals surface area contributed by atoms with Gasteiger partial charge in [-0.1, -0.05) is 24.3 Å². The van der Waals surface area contributed by atoms with Crippen molar-refractivity contribution >= 4 is 11.8 Å². The fraction of sp³-hybridized carbons (Fsp3) is 0.300. The average molecular weight is 340 g/mol. The molecular formula is C20H21FN2O2. The maximum Gasteiger partial charge on any atom is 0.253 e. The number of piperidine rings is 1. The van der Waals surface area contributed by atoms with Gasteiger partial charge in [0.1, 0.15) is 5.82 Å². The fourth-order valence-electron chi connectivity index (χ4n) is 2.99. The van der Waals surface area contributed by atoms with Crippen molar-refractivity contribution in [3.8, 4) is 0 Å². The lowest BCUT2D eigenvalue weighted by molar-refractivity contribution is 0.0724. The summed E-state index contributed by atoms with van der Waals surface area (Å²) in [6.07, 6.45) is 3.20. The number of carbonyl (C=O) groups excluding carboxylic acids is 2. The molecule has 5 heteroatoms. The number of hydrogen-bond donors (Lipinski definition) is 1. The predicted octanol–water partition coefficient (Wildman–Crippen LogP) is 3.38. The minimum absolute atomic E-state index is 0.0385. The van der Waals surface area contributed by atoms with E-state index in [2.05, 4.69) is 5.32 Å². The number of benzene rings is 2. The van der Waals surface area contributed by atoms with Crippen molar-refractivity contribution in [1.29, 1.82) is 0 Å². The highest BCUT2D eigenvalue weighted by Gasteiger charge is 2.19. The van der Waals surface area contributed by atoms with Gasteiger partial charge in [0, 0.05) is 36.3 Å². The van der Waals surface area contributed by atoms with Crippen LogP contribution in [-0.4, -0.2) is 29.8 Å². The van der Waals surface area contributed by atoms with Crippen LogP contribution < -0.4 is 5.32 Å². The summed E-state index contributed by atoms with van der Waals surface area (Å²) in [5, 5.41) is 2.70. The maximum atomic E-state index is 13.6. The van der Waals surface area contributed by atoms with Gasteiger partial charge in [0.25, 0.3) is 11.8 Å². The van der Waals surface area contributed by atoms with Crippen LogP contribution in [0.2, 0.25) is 0 Å². The molecule has 130 valence electrons. The maximum absolute atomic E-state index is 13.6. The second kappa shape index (κ2) is 7.92. The first-order valence-electron chi connectivity index (χ1n) is 8.56. The summed E-state index contributed by atoms with van der Waals surface area (Å²) in [4.78, 5) is 26.7. The van der Waals surface area contributed by atoms with Crippen LogP contribution in [0.15, 0.2) is 48.5 Å². The Morgan fingerprint density at radius 1 is 0.960 bits per heavy atom. The highest BCUT2D eigenvalue weighted by Crippen LogP contribution is 2.14. The summed E-state index contributed by atoms with van der Waals surface area (Å²) in [5.41, 5.74) is 1.34. The summed E-state index contributed by atoms with van der Waals surface area (Å²) in [6.45, 7) is 1.64. The number of carbonyl (C=O) groups is 2. The van der Waals surface area contributed by atoms with E-state index in [0.717, 1.165) is 32.4 Å². The van der Waals surface area contributed by atoms with Crippen molar-refractivity contribution in [3.63, 3.8) is 0 Å². The highest BCUT2D eigenvalue weighted by molar-refractivity contribution is 5.99. The van der Waals surface area contributed by atoms with Gasteiger partial charge in [-0.2, -0.15) is 0 Å². The molecule has 1 fully saturated rings. The van der Waals surface area contributed by atoms with E-state index in [1.165, 1.54) is 6.07 Å². The molecule has 2 amide bonds. The molecular weight excluding hydrogens is 319 g/mol. The zero-order valence-electron chi connectivity index (χ0n) is 14.0. The van der Waals surface area contributed by atoms with Gasteiger partial charge in [-0.15, -0.1) is 0 Å². The molecule has 0 spiro atoms. The average Bonchev–Trinajstić information content (AvgIpc) is 2.67. The number of hydrogen-bond acceptors (Lipinski definition) is 2. The van der Waals surface area contributed by atoms with Crippen molar-refractivity contribution < 1.29 is 14.0 Å². The van der Waals surface area contributed by atoms with E-state index in [1.807, 2.05) is 4.90 Å². The van der Waals surface area contributed by atoms with Gasteiger partial charge < -0.3 is 10.2 Å². The Bertz CT molecular complexity index is 770. The second-order valence-corrected chi connectivity index (χ2v) is 6.21. The van der Waals surface area contributed by atoms with Crippen LogP contribution in [0.1, 0.15) is 45.5 Å². The van der Waals surface area contributed by atoms with Crippen LogP contribution in [0.25, 0.3) is 0 Å². The van der Waals surface area contributed by atoms with Crippen LogP contribution in [0.4, 0.5) is 4.39 Å². The van der Waals surface area contributed by atoms with Crippen molar-refractivity contribution in [1.82, 2.24) is 10.2 Å². The predicted molar refractivity (Wildman–Crippen MR) is 93.8 cm³/mol. The van der Waals surface area contributed by atoms with Gasteiger partial charge in [-0.25, -0.2) is 4.39 Å². The standard InChI is InChI=1S/C20H21FN2O2/c21-18-10-3-2-7-17(18)14-22-19(24)15-8-6-9-16(13-15)20(25)23-11-4-1-5-12-23/h2-3,6-10,13H,1,4-5,11-12,14H2,(H,22,24). The van der Waals surface area contributed by atoms with Gasteiger partial charge in [0.15, 0.2) is 0 Å². The number of nitrogens with zero attached hydrogens (tertiary/aromatic N) is 1. The van der Waals surface area contributed by atoms with Crippen molar-refractivity contribution in [2.75, 3.05) is 13.1 Å². The Labute approximate surface area is 146 Å². The van der Waals surface area contributed by atoms with Crippen molar-refractivity contribution in [2.45, 2.75) is 25.8 Å². The van der Waals surface area contributed by atoms with E-state index < -0.39 is 0 Å². The molecule has 0 saturated carbocycles. The number of rotatable bonds is 4. The molecule has 0 unspecified atom stereocenters. The topological polar surface area (TPSA) is 49.4 Å². The van der Waals surface area contributed by atoms with E-state index >= 15 is 0 Å². The third kappa shape index (κ3) is 4.24. The molecule has 0 radical (unpaired) electrons. The minimum atomic E-state index is -0.350. The first kappa shape index (κ1) is 17.1. The lowest BCUT2D eigenvalue weighted by Crippen LogP contribution is -2.35. The Morgan fingerprint density at radius 3 is 2.44 bits per heavy atom. The van der Waals surface area contributed by atoms with Crippen molar-refractivity contribution in [2.24, 2.45) is 0 Å². The normalized spacial score (nSPS) is 14.2. The van der Waals surface area contributed by atoms with E-state index in [4.69, 9.17) is 0 Å². The SMILES string of the molecule is O=C(NCc1ccccc1F)c1cccc(C(=O)N2CCCCC2)c1. The molecule has 1 heterocycles. The van der Waals surface area contributed by atoms with Crippen LogP contribution in [-0.2, 0) is 6.54 Å². The highest BCUT2D eigenvalue weighted by atomic mass is 19.1. The van der Waals surface area contributed by atoms with Gasteiger partial charge in [-0.3, -0.25) is 9.59 Å². The van der Waals surface area contributed by atoms with Crippen LogP contribution in [0.5, 0.6) is 0 Å². The quantitative estimate of drug-likeness (QED) is 0.927. The van der Waals surface area contributed by atoms with Gasteiger partial charge in [0.2, 0.25) is 0 Å². The first-order chi connectivity index (χ1) is 12.1. The first-order valence-corrected chi connectivity index (χ1v) is 8.56. The van der Waals surface area contributed by atoms with Crippen molar-refractivity contribution in [3.05, 3.63) is 71.0 Å². The molecule has 2 aromatic carbocycles. The van der Waals surface area contributed by atoms with E-state index in [1.54, 1.807) is 42.5 Å². The Hall–Kier alpha value is -2.69. The van der Waals surface area contributed by atoms with Crippen LogP contribution in [0, 0.1) is 5.82 Å². The molecule has 3 rings (SSSR count). The molecule has 1 aliphatic heterocycles.